The van der Waals surface area contributed by atoms with Gasteiger partial charge in [-0.1, -0.05) is 0 Å². The number of oxazole rings is 1. The maximum atomic E-state index is 14.9. The van der Waals surface area contributed by atoms with Gasteiger partial charge in [-0.25, -0.2) is 18.2 Å². The molecule has 0 amide bonds. The Morgan fingerprint density at radius 3 is 2.21 bits per heavy atom. The Morgan fingerprint density at radius 1 is 0.921 bits per heavy atom. The minimum atomic E-state index is -1.32. The smallest absolute Gasteiger partial charge is 0.255 e. The van der Waals surface area contributed by atoms with Crippen LogP contribution in [0.15, 0.2) is 57.9 Å². The van der Waals surface area contributed by atoms with Gasteiger partial charge in [0.15, 0.2) is 11.7 Å². The van der Waals surface area contributed by atoms with E-state index in [-0.39, 0.29) is 35.7 Å². The SMILES string of the molecule is Cc1cc(F)cc(C)c1-n1cc(-c2nc(C3CC(O)C(O)C(O)C3)oc2-c2ccc(F)cc2F)ccc1=O. The number of aliphatic hydroxyl groups excluding tert-OH is 3. The second-order valence-corrected chi connectivity index (χ2v) is 9.66. The Kier molecular flexibility index (Phi) is 6.72. The molecule has 2 atom stereocenters. The average Bonchev–Trinajstić information content (AvgIpc) is 3.28. The molecule has 2 unspecified atom stereocenters. The van der Waals surface area contributed by atoms with Gasteiger partial charge >= 0.3 is 0 Å². The van der Waals surface area contributed by atoms with E-state index >= 15 is 0 Å². The molecular formula is C28H25F3N2O5. The molecule has 3 N–H and O–H groups in total. The summed E-state index contributed by atoms with van der Waals surface area (Å²) in [6.45, 7) is 3.35. The molecule has 2 aromatic carbocycles. The van der Waals surface area contributed by atoms with E-state index in [1.807, 2.05) is 0 Å². The lowest BCUT2D eigenvalue weighted by Crippen LogP contribution is -2.43. The summed E-state index contributed by atoms with van der Waals surface area (Å²) in [5.74, 6) is -2.68. The Balaban J connectivity index is 1.69. The van der Waals surface area contributed by atoms with Gasteiger partial charge in [0.05, 0.1) is 23.5 Å². The molecule has 7 nitrogen and oxygen atoms in total. The van der Waals surface area contributed by atoms with Gasteiger partial charge in [-0.3, -0.25) is 9.36 Å². The van der Waals surface area contributed by atoms with Crippen molar-refractivity contribution in [2.45, 2.75) is 50.9 Å². The summed E-state index contributed by atoms with van der Waals surface area (Å²) in [6, 6.07) is 8.37. The van der Waals surface area contributed by atoms with Crippen LogP contribution < -0.4 is 5.56 Å². The van der Waals surface area contributed by atoms with Crippen LogP contribution in [0.3, 0.4) is 0 Å². The summed E-state index contributed by atoms with van der Waals surface area (Å²) < 4.78 is 49.8. The molecule has 4 aromatic rings. The molecular weight excluding hydrogens is 501 g/mol. The van der Waals surface area contributed by atoms with Gasteiger partial charge in [0.1, 0.15) is 29.2 Å². The van der Waals surface area contributed by atoms with Crippen molar-refractivity contribution in [2.75, 3.05) is 0 Å². The Bertz CT molecular complexity index is 1550. The molecule has 38 heavy (non-hydrogen) atoms. The number of benzene rings is 2. The molecule has 0 bridgehead atoms. The molecule has 2 aromatic heterocycles. The van der Waals surface area contributed by atoms with Crippen molar-refractivity contribution in [1.29, 1.82) is 0 Å². The molecule has 1 fully saturated rings. The van der Waals surface area contributed by atoms with Gasteiger partial charge in [-0.2, -0.15) is 0 Å². The summed E-state index contributed by atoms with van der Waals surface area (Å²) in [6.07, 6.45) is -2.21. The summed E-state index contributed by atoms with van der Waals surface area (Å²) in [4.78, 5) is 17.4. The third-order valence-corrected chi connectivity index (χ3v) is 6.89. The number of aryl methyl sites for hydroxylation is 2. The van der Waals surface area contributed by atoms with Crippen LogP contribution in [0.5, 0.6) is 0 Å². The Hall–Kier alpha value is -3.73. The first kappa shape index (κ1) is 25.9. The van der Waals surface area contributed by atoms with Gasteiger partial charge in [0.2, 0.25) is 0 Å². The summed E-state index contributed by atoms with van der Waals surface area (Å²) >= 11 is 0. The number of hydrogen-bond acceptors (Lipinski definition) is 6. The minimum absolute atomic E-state index is 0.0367. The van der Waals surface area contributed by atoms with Crippen LogP contribution in [-0.2, 0) is 0 Å². The molecule has 5 rings (SSSR count). The standard InChI is InChI=1S/C28H25F3N2O5/c1-13-7-18(30)8-14(2)25(13)33-12-15(3-6-23(33)36)24-27(19-5-4-17(29)11-20(19)31)38-28(32-24)16-9-21(34)26(37)22(35)10-16/h3-8,11-12,16,21-22,26,34-35,37H,9-10H2,1-2H3. The molecule has 2 heterocycles. The van der Waals surface area contributed by atoms with Crippen molar-refractivity contribution < 1.29 is 32.9 Å². The number of hydrogen-bond donors (Lipinski definition) is 3. The predicted molar refractivity (Wildman–Crippen MR) is 132 cm³/mol. The van der Waals surface area contributed by atoms with Crippen LogP contribution in [0.4, 0.5) is 13.2 Å². The largest absolute Gasteiger partial charge is 0.440 e. The maximum Gasteiger partial charge on any atom is 0.255 e. The lowest BCUT2D eigenvalue weighted by molar-refractivity contribution is -0.0922. The first-order valence-corrected chi connectivity index (χ1v) is 12.0. The van der Waals surface area contributed by atoms with E-state index in [0.717, 1.165) is 6.07 Å². The van der Waals surface area contributed by atoms with Crippen molar-refractivity contribution in [3.05, 3.63) is 93.5 Å². The van der Waals surface area contributed by atoms with Gasteiger partial charge in [-0.15, -0.1) is 0 Å². The molecule has 1 saturated carbocycles. The summed E-state index contributed by atoms with van der Waals surface area (Å²) in [5.41, 5.74) is 1.56. The number of halogens is 3. The van der Waals surface area contributed by atoms with Gasteiger partial charge in [0, 0.05) is 29.8 Å². The van der Waals surface area contributed by atoms with E-state index in [1.54, 1.807) is 13.8 Å². The quantitative estimate of drug-likeness (QED) is 0.369. The highest BCUT2D eigenvalue weighted by molar-refractivity contribution is 5.77. The van der Waals surface area contributed by atoms with Gasteiger partial charge in [-0.05, 0) is 68.1 Å². The fourth-order valence-electron chi connectivity index (χ4n) is 5.06. The fraction of sp³-hybridized carbons (Fsp3) is 0.286. The number of nitrogens with zero attached hydrogens (tertiary/aromatic N) is 2. The average molecular weight is 527 g/mol. The highest BCUT2D eigenvalue weighted by Gasteiger charge is 2.38. The van der Waals surface area contributed by atoms with E-state index in [2.05, 4.69) is 4.98 Å². The number of pyridine rings is 1. The number of aliphatic hydroxyl groups is 3. The van der Waals surface area contributed by atoms with E-state index in [9.17, 15) is 33.3 Å². The van der Waals surface area contributed by atoms with E-state index in [1.165, 1.54) is 41.1 Å². The highest BCUT2D eigenvalue weighted by atomic mass is 19.1. The predicted octanol–water partition coefficient (Wildman–Crippen LogP) is 4.15. The third kappa shape index (κ3) is 4.66. The second-order valence-electron chi connectivity index (χ2n) is 9.66. The van der Waals surface area contributed by atoms with Crippen LogP contribution in [-0.4, -0.2) is 43.2 Å². The van der Waals surface area contributed by atoms with E-state index < -0.39 is 47.2 Å². The Labute approximate surface area is 215 Å². The van der Waals surface area contributed by atoms with E-state index in [0.29, 0.717) is 28.4 Å². The third-order valence-electron chi connectivity index (χ3n) is 6.89. The molecule has 0 aliphatic heterocycles. The normalized spacial score (nSPS) is 21.6. The van der Waals surface area contributed by atoms with Gasteiger partial charge < -0.3 is 19.7 Å². The zero-order valence-electron chi connectivity index (χ0n) is 20.5. The second kappa shape index (κ2) is 9.86. The maximum absolute atomic E-state index is 14.9. The van der Waals surface area contributed by atoms with Crippen molar-refractivity contribution in [2.24, 2.45) is 0 Å². The summed E-state index contributed by atoms with van der Waals surface area (Å²) in [7, 11) is 0. The molecule has 1 aliphatic rings. The van der Waals surface area contributed by atoms with Crippen molar-refractivity contribution in [3.63, 3.8) is 0 Å². The number of aromatic nitrogens is 2. The molecule has 0 radical (unpaired) electrons. The molecule has 1 aliphatic carbocycles. The molecule has 198 valence electrons. The highest BCUT2D eigenvalue weighted by Crippen LogP contribution is 2.40. The molecule has 0 saturated heterocycles. The minimum Gasteiger partial charge on any atom is -0.440 e. The molecule has 0 spiro atoms. The summed E-state index contributed by atoms with van der Waals surface area (Å²) in [5, 5.41) is 30.3. The van der Waals surface area contributed by atoms with Crippen LogP contribution in [0.2, 0.25) is 0 Å². The monoisotopic (exact) mass is 526 g/mol. The fourth-order valence-corrected chi connectivity index (χ4v) is 5.06. The lowest BCUT2D eigenvalue weighted by Gasteiger charge is -2.32. The van der Waals surface area contributed by atoms with Crippen LogP contribution in [0.25, 0.3) is 28.3 Å². The van der Waals surface area contributed by atoms with Crippen molar-refractivity contribution in [1.82, 2.24) is 9.55 Å². The molecule has 10 heteroatoms. The topological polar surface area (TPSA) is 109 Å². The zero-order chi connectivity index (χ0) is 27.3. The van der Waals surface area contributed by atoms with Gasteiger partial charge in [0.25, 0.3) is 5.56 Å². The van der Waals surface area contributed by atoms with E-state index in [4.69, 9.17) is 4.42 Å². The first-order valence-electron chi connectivity index (χ1n) is 12.0. The lowest BCUT2D eigenvalue weighted by atomic mass is 9.83. The van der Waals surface area contributed by atoms with Crippen molar-refractivity contribution in [3.8, 4) is 28.3 Å². The van der Waals surface area contributed by atoms with Crippen LogP contribution >= 0.6 is 0 Å². The zero-order valence-corrected chi connectivity index (χ0v) is 20.5. The van der Waals surface area contributed by atoms with Crippen LogP contribution in [0, 0.1) is 31.3 Å². The number of rotatable bonds is 4. The first-order chi connectivity index (χ1) is 18.0. The van der Waals surface area contributed by atoms with Crippen molar-refractivity contribution >= 4 is 0 Å². The Morgan fingerprint density at radius 2 is 1.58 bits per heavy atom. The van der Waals surface area contributed by atoms with Crippen LogP contribution in [0.1, 0.15) is 35.8 Å².